The summed E-state index contributed by atoms with van der Waals surface area (Å²) in [4.78, 5) is 25.3. The third kappa shape index (κ3) is 2.24. The summed E-state index contributed by atoms with van der Waals surface area (Å²) >= 11 is 0. The maximum atomic E-state index is 12.3. The van der Waals surface area contributed by atoms with Gasteiger partial charge in [0.05, 0.1) is 5.54 Å². The lowest BCUT2D eigenvalue weighted by molar-refractivity contribution is 0.0397. The van der Waals surface area contributed by atoms with Crippen molar-refractivity contribution in [2.24, 2.45) is 0 Å². The smallest absolute Gasteiger partial charge is 0.315 e. The molecule has 0 unspecified atom stereocenters. The fourth-order valence-electron chi connectivity index (χ4n) is 2.88. The van der Waals surface area contributed by atoms with Crippen LogP contribution in [0.15, 0.2) is 24.3 Å². The van der Waals surface area contributed by atoms with Gasteiger partial charge in [-0.2, -0.15) is 0 Å². The van der Waals surface area contributed by atoms with E-state index in [9.17, 15) is 9.59 Å². The van der Waals surface area contributed by atoms with Crippen LogP contribution in [-0.4, -0.2) is 42.0 Å². The molecule has 2 fully saturated rings. The van der Waals surface area contributed by atoms with Crippen LogP contribution in [0.2, 0.25) is 0 Å². The number of urea groups is 1. The summed E-state index contributed by atoms with van der Waals surface area (Å²) in [6.45, 7) is 3.91. The Morgan fingerprint density at radius 2 is 2.00 bits per heavy atom. The van der Waals surface area contributed by atoms with E-state index in [1.165, 1.54) is 5.56 Å². The van der Waals surface area contributed by atoms with Crippen LogP contribution in [0, 0.1) is 0 Å². The average Bonchev–Trinajstić information content (AvgIpc) is 2.80. The maximum absolute atomic E-state index is 12.3. The fraction of sp³-hybridized carbons (Fsp3) is 0.467. The van der Waals surface area contributed by atoms with E-state index >= 15 is 0 Å². The number of carbonyl (C=O) groups excluding carboxylic acids is 2. The van der Waals surface area contributed by atoms with E-state index in [4.69, 9.17) is 0 Å². The number of nitrogens with one attached hydrogen (secondary N) is 2. The highest BCUT2D eigenvalue weighted by atomic mass is 16.2. The lowest BCUT2D eigenvalue weighted by atomic mass is 9.90. The number of likely N-dealkylation sites (tertiary alicyclic amines) is 1. The average molecular weight is 273 g/mol. The molecule has 0 radical (unpaired) electrons. The van der Waals surface area contributed by atoms with Crippen molar-refractivity contribution < 1.29 is 9.59 Å². The van der Waals surface area contributed by atoms with Gasteiger partial charge in [-0.25, -0.2) is 4.79 Å². The Labute approximate surface area is 118 Å². The third-order valence-corrected chi connectivity index (χ3v) is 3.98. The normalized spacial score (nSPS) is 19.4. The van der Waals surface area contributed by atoms with Crippen LogP contribution in [0.5, 0.6) is 0 Å². The molecule has 0 aliphatic carbocycles. The Bertz CT molecular complexity index is 533. The molecule has 1 aromatic carbocycles. The Balaban J connectivity index is 1.61. The summed E-state index contributed by atoms with van der Waals surface area (Å²) in [5.74, 6) is 0.0415. The van der Waals surface area contributed by atoms with Gasteiger partial charge in [0.2, 0.25) is 0 Å². The molecule has 0 atom stereocenters. The van der Waals surface area contributed by atoms with Crippen molar-refractivity contribution in [3.63, 3.8) is 0 Å². The topological polar surface area (TPSA) is 61.4 Å². The molecule has 1 spiro atoms. The maximum Gasteiger partial charge on any atom is 0.315 e. The molecule has 0 bridgehead atoms. The largest absolute Gasteiger partial charge is 0.336 e. The van der Waals surface area contributed by atoms with Crippen molar-refractivity contribution >= 4 is 11.9 Å². The van der Waals surface area contributed by atoms with Crippen LogP contribution in [0.25, 0.3) is 0 Å². The number of benzene rings is 1. The van der Waals surface area contributed by atoms with Gasteiger partial charge >= 0.3 is 6.03 Å². The van der Waals surface area contributed by atoms with Crippen molar-refractivity contribution in [2.75, 3.05) is 19.6 Å². The summed E-state index contributed by atoms with van der Waals surface area (Å²) in [6, 6.07) is 7.69. The van der Waals surface area contributed by atoms with Gasteiger partial charge in [0.15, 0.2) is 0 Å². The summed E-state index contributed by atoms with van der Waals surface area (Å²) in [6.07, 6.45) is 2.15. The van der Waals surface area contributed by atoms with Crippen LogP contribution in [0.3, 0.4) is 0 Å². The van der Waals surface area contributed by atoms with Crippen LogP contribution in [0.1, 0.15) is 29.3 Å². The first-order valence-corrected chi connectivity index (χ1v) is 7.06. The van der Waals surface area contributed by atoms with Crippen LogP contribution >= 0.6 is 0 Å². The van der Waals surface area contributed by atoms with Crippen LogP contribution in [0.4, 0.5) is 4.79 Å². The number of nitrogens with zero attached hydrogens (tertiary/aromatic N) is 1. The summed E-state index contributed by atoms with van der Waals surface area (Å²) in [5, 5.41) is 5.63. The zero-order valence-corrected chi connectivity index (χ0v) is 11.6. The molecule has 2 saturated heterocycles. The zero-order valence-electron chi connectivity index (χ0n) is 11.6. The van der Waals surface area contributed by atoms with E-state index in [1.807, 2.05) is 24.3 Å². The van der Waals surface area contributed by atoms with Gasteiger partial charge in [-0.3, -0.25) is 4.79 Å². The quantitative estimate of drug-likeness (QED) is 0.867. The summed E-state index contributed by atoms with van der Waals surface area (Å²) in [7, 11) is 0. The first-order valence-electron chi connectivity index (χ1n) is 7.06. The van der Waals surface area contributed by atoms with Crippen LogP contribution in [-0.2, 0) is 6.42 Å². The molecule has 2 aliphatic heterocycles. The Morgan fingerprint density at radius 1 is 1.30 bits per heavy atom. The monoisotopic (exact) mass is 273 g/mol. The van der Waals surface area contributed by atoms with Gasteiger partial charge < -0.3 is 15.5 Å². The molecule has 5 heteroatoms. The lowest BCUT2D eigenvalue weighted by Gasteiger charge is -2.46. The molecule has 3 amide bonds. The van der Waals surface area contributed by atoms with Gasteiger partial charge in [0, 0.05) is 25.2 Å². The Kier molecular flexibility index (Phi) is 3.12. The number of aryl methyl sites for hydroxylation is 1. The number of rotatable bonds is 3. The fourth-order valence-corrected chi connectivity index (χ4v) is 2.88. The second-order valence-electron chi connectivity index (χ2n) is 5.70. The first-order chi connectivity index (χ1) is 9.62. The van der Waals surface area contributed by atoms with Crippen molar-refractivity contribution in [1.82, 2.24) is 15.5 Å². The highest BCUT2D eigenvalue weighted by Gasteiger charge is 2.49. The molecule has 5 nitrogen and oxygen atoms in total. The van der Waals surface area contributed by atoms with Gasteiger partial charge in [0.1, 0.15) is 0 Å². The van der Waals surface area contributed by atoms with E-state index < -0.39 is 0 Å². The van der Waals surface area contributed by atoms with Crippen molar-refractivity contribution in [2.45, 2.75) is 25.3 Å². The molecule has 20 heavy (non-hydrogen) atoms. The number of hydrogen-bond acceptors (Lipinski definition) is 2. The SMILES string of the molecule is CCCc1ccc(C(=O)N2CC3(CNC(=O)N3)C2)cc1. The highest BCUT2D eigenvalue weighted by Crippen LogP contribution is 2.25. The minimum absolute atomic E-state index is 0.0415. The standard InChI is InChI=1S/C15H19N3O2/c1-2-3-11-4-6-12(7-5-11)13(19)18-9-15(10-18)8-16-14(20)17-15/h4-7H,2-3,8-10H2,1H3,(H2,16,17,20). The molecular formula is C15H19N3O2. The van der Waals surface area contributed by atoms with E-state index in [0.29, 0.717) is 19.6 Å². The third-order valence-electron chi connectivity index (χ3n) is 3.98. The van der Waals surface area contributed by atoms with Gasteiger partial charge in [0.25, 0.3) is 5.91 Å². The minimum Gasteiger partial charge on any atom is -0.336 e. The summed E-state index contributed by atoms with van der Waals surface area (Å²) < 4.78 is 0. The van der Waals surface area contributed by atoms with E-state index in [-0.39, 0.29) is 17.5 Å². The molecule has 0 saturated carbocycles. The Hall–Kier alpha value is -2.04. The predicted octanol–water partition coefficient (Wildman–Crippen LogP) is 1.15. The van der Waals surface area contributed by atoms with Crippen LogP contribution < -0.4 is 10.6 Å². The molecule has 2 heterocycles. The molecule has 106 valence electrons. The lowest BCUT2D eigenvalue weighted by Crippen LogP contribution is -2.70. The molecule has 3 rings (SSSR count). The molecule has 0 aromatic heterocycles. The van der Waals surface area contributed by atoms with E-state index in [2.05, 4.69) is 17.6 Å². The second kappa shape index (κ2) is 4.81. The van der Waals surface area contributed by atoms with E-state index in [1.54, 1.807) is 4.90 Å². The van der Waals surface area contributed by atoms with Crippen molar-refractivity contribution in [3.8, 4) is 0 Å². The number of carbonyl (C=O) groups is 2. The predicted molar refractivity (Wildman–Crippen MR) is 75.6 cm³/mol. The molecule has 2 N–H and O–H groups in total. The first kappa shape index (κ1) is 13.0. The van der Waals surface area contributed by atoms with Crippen molar-refractivity contribution in [1.29, 1.82) is 0 Å². The van der Waals surface area contributed by atoms with Gasteiger partial charge in [-0.05, 0) is 24.1 Å². The zero-order chi connectivity index (χ0) is 14.2. The Morgan fingerprint density at radius 3 is 2.55 bits per heavy atom. The van der Waals surface area contributed by atoms with E-state index in [0.717, 1.165) is 18.4 Å². The van der Waals surface area contributed by atoms with Gasteiger partial charge in [-0.15, -0.1) is 0 Å². The van der Waals surface area contributed by atoms with Gasteiger partial charge in [-0.1, -0.05) is 25.5 Å². The minimum atomic E-state index is -0.241. The second-order valence-corrected chi connectivity index (χ2v) is 5.70. The number of hydrogen-bond donors (Lipinski definition) is 2. The highest BCUT2D eigenvalue weighted by molar-refractivity contribution is 5.95. The molecule has 1 aromatic rings. The molecule has 2 aliphatic rings. The summed E-state index contributed by atoms with van der Waals surface area (Å²) in [5.41, 5.74) is 1.74. The molecular weight excluding hydrogens is 254 g/mol. The van der Waals surface area contributed by atoms with Crippen molar-refractivity contribution in [3.05, 3.63) is 35.4 Å². The number of amides is 3.